The summed E-state index contributed by atoms with van der Waals surface area (Å²) in [7, 11) is 0. The number of hydrogen-bond acceptors (Lipinski definition) is 4. The van der Waals surface area contributed by atoms with E-state index in [9.17, 15) is 0 Å². The number of nitrogens with zero attached hydrogens (tertiary/aromatic N) is 3. The van der Waals surface area contributed by atoms with Gasteiger partial charge in [0, 0.05) is 60.4 Å². The van der Waals surface area contributed by atoms with Crippen molar-refractivity contribution in [3.05, 3.63) is 179 Å². The molecule has 8 aromatic rings. The first-order chi connectivity index (χ1) is 32.4. The molecule has 2 aliphatic heterocycles. The van der Waals surface area contributed by atoms with Gasteiger partial charge >= 0.3 is 0 Å². The van der Waals surface area contributed by atoms with Crippen LogP contribution >= 0.6 is 11.3 Å². The molecule has 10 rings (SSSR count). The highest BCUT2D eigenvalue weighted by Crippen LogP contribution is 2.49. The lowest BCUT2D eigenvalue weighted by atomic mass is 9.36. The largest absolute Gasteiger partial charge is 0.311 e. The second kappa shape index (κ2) is 16.3. The van der Waals surface area contributed by atoms with Crippen LogP contribution in [0.25, 0.3) is 10.1 Å². The molecule has 2 aliphatic rings. The van der Waals surface area contributed by atoms with Gasteiger partial charge in [-0.15, -0.1) is 11.3 Å². The van der Waals surface area contributed by atoms with Gasteiger partial charge in [-0.25, -0.2) is 0 Å². The zero-order valence-electron chi connectivity index (χ0n) is 43.8. The summed E-state index contributed by atoms with van der Waals surface area (Å²) in [5.74, 6) is 0. The van der Waals surface area contributed by atoms with Gasteiger partial charge in [0.2, 0.25) is 0 Å². The molecule has 7 aromatic carbocycles. The molecule has 0 radical (unpaired) electrons. The monoisotopic (exact) mass is 924 g/mol. The lowest BCUT2D eigenvalue weighted by molar-refractivity contribution is 0.590. The molecule has 0 aliphatic carbocycles. The quantitative estimate of drug-likeness (QED) is 0.159. The third kappa shape index (κ3) is 8.29. The summed E-state index contributed by atoms with van der Waals surface area (Å²) in [5, 5.41) is 1.33. The van der Waals surface area contributed by atoms with Crippen molar-refractivity contribution in [3.8, 4) is 0 Å². The van der Waals surface area contributed by atoms with Crippen LogP contribution in [0.15, 0.2) is 152 Å². The molecule has 0 unspecified atom stereocenters. The molecule has 0 amide bonds. The summed E-state index contributed by atoms with van der Waals surface area (Å²) in [6.07, 6.45) is 0. The van der Waals surface area contributed by atoms with Gasteiger partial charge in [-0.2, -0.15) is 0 Å². The van der Waals surface area contributed by atoms with E-state index < -0.39 is 0 Å². The molecule has 350 valence electrons. The van der Waals surface area contributed by atoms with E-state index in [1.165, 1.54) is 82.0 Å². The molecular formula is C64H70BN3S. The van der Waals surface area contributed by atoms with Gasteiger partial charge in [0.05, 0.1) is 5.69 Å². The molecule has 3 heterocycles. The molecule has 3 nitrogen and oxygen atoms in total. The van der Waals surface area contributed by atoms with E-state index in [0.29, 0.717) is 0 Å². The van der Waals surface area contributed by atoms with Crippen LogP contribution < -0.4 is 30.4 Å². The van der Waals surface area contributed by atoms with Crippen LogP contribution in [-0.4, -0.2) is 6.71 Å². The zero-order valence-corrected chi connectivity index (χ0v) is 44.6. The Bertz CT molecular complexity index is 3160. The second-order valence-electron chi connectivity index (χ2n) is 24.9. The van der Waals surface area contributed by atoms with Crippen molar-refractivity contribution in [1.82, 2.24) is 0 Å². The third-order valence-electron chi connectivity index (χ3n) is 14.7. The van der Waals surface area contributed by atoms with Crippen molar-refractivity contribution in [1.29, 1.82) is 0 Å². The predicted octanol–water partition coefficient (Wildman–Crippen LogP) is 16.9. The molecule has 0 atom stereocenters. The number of rotatable bonds is 5. The fraction of sp³-hybridized carbons (Fsp3) is 0.312. The second-order valence-corrected chi connectivity index (χ2v) is 25.9. The van der Waals surface area contributed by atoms with Crippen LogP contribution in [0, 0.1) is 0 Å². The van der Waals surface area contributed by atoms with Crippen molar-refractivity contribution in [2.45, 2.75) is 131 Å². The molecule has 0 saturated carbocycles. The first-order valence-corrected chi connectivity index (χ1v) is 25.9. The predicted molar refractivity (Wildman–Crippen MR) is 304 cm³/mol. The van der Waals surface area contributed by atoms with E-state index >= 15 is 0 Å². The average molecular weight is 924 g/mol. The van der Waals surface area contributed by atoms with Crippen molar-refractivity contribution < 1.29 is 0 Å². The number of fused-ring (bicyclic) bond motifs is 6. The summed E-state index contributed by atoms with van der Waals surface area (Å²) < 4.78 is 2.74. The molecule has 5 heteroatoms. The van der Waals surface area contributed by atoms with Gasteiger partial charge in [-0.05, 0) is 157 Å². The van der Waals surface area contributed by atoms with Crippen LogP contribution in [0.3, 0.4) is 0 Å². The minimum Gasteiger partial charge on any atom is -0.311 e. The Hall–Kier alpha value is -6.04. The van der Waals surface area contributed by atoms with Crippen molar-refractivity contribution in [3.63, 3.8) is 0 Å². The molecular weight excluding hydrogens is 854 g/mol. The summed E-state index contributed by atoms with van der Waals surface area (Å²) in [6, 6.07) is 58.5. The summed E-state index contributed by atoms with van der Waals surface area (Å²) in [4.78, 5) is 7.54. The van der Waals surface area contributed by atoms with Crippen LogP contribution in [0.2, 0.25) is 0 Å². The normalized spacial score (nSPS) is 13.9. The summed E-state index contributed by atoms with van der Waals surface area (Å²) >= 11 is 1.98. The Morgan fingerprint density at radius 1 is 0.391 bits per heavy atom. The highest BCUT2D eigenvalue weighted by Gasteiger charge is 2.45. The van der Waals surface area contributed by atoms with E-state index in [4.69, 9.17) is 0 Å². The average Bonchev–Trinajstić information content (AvgIpc) is 3.67. The summed E-state index contributed by atoms with van der Waals surface area (Å²) in [6.45, 7) is 34.7. The number of anilines is 9. The Kier molecular flexibility index (Phi) is 11.0. The van der Waals surface area contributed by atoms with Gasteiger partial charge < -0.3 is 14.7 Å². The number of hydrogen-bond donors (Lipinski definition) is 0. The molecule has 1 aromatic heterocycles. The maximum absolute atomic E-state index is 2.59. The van der Waals surface area contributed by atoms with Crippen LogP contribution in [0.4, 0.5) is 51.2 Å². The van der Waals surface area contributed by atoms with Crippen molar-refractivity contribution >= 4 is 95.0 Å². The van der Waals surface area contributed by atoms with Gasteiger partial charge in [0.15, 0.2) is 0 Å². The first kappa shape index (κ1) is 46.7. The smallest absolute Gasteiger partial charge is 0.264 e. The van der Waals surface area contributed by atoms with E-state index in [0.717, 1.165) is 22.7 Å². The molecule has 0 bridgehead atoms. The maximum atomic E-state index is 2.59. The SMILES string of the molecule is CC(C)(C)c1ccc(N(c2ccc(N3c4ccc(C(C)(C)C)cc4B4c5sc6ccc(C(C)(C)C)cc6c5N(c5ccc(C(C)(C)C)cc5)c5cccc3c54)cc2)c2ccc(C(C)(C)C)cc2)cc1. The fourth-order valence-electron chi connectivity index (χ4n) is 10.4. The van der Waals surface area contributed by atoms with E-state index in [-0.39, 0.29) is 33.8 Å². The number of benzene rings is 7. The highest BCUT2D eigenvalue weighted by atomic mass is 32.1. The molecule has 69 heavy (non-hydrogen) atoms. The molecule has 0 saturated heterocycles. The minimum atomic E-state index is -0.0268. The van der Waals surface area contributed by atoms with E-state index in [1.807, 2.05) is 11.3 Å². The van der Waals surface area contributed by atoms with Gasteiger partial charge in [0.1, 0.15) is 0 Å². The van der Waals surface area contributed by atoms with Crippen LogP contribution in [-0.2, 0) is 27.1 Å². The zero-order chi connectivity index (χ0) is 49.2. The third-order valence-corrected chi connectivity index (χ3v) is 15.9. The fourth-order valence-corrected chi connectivity index (χ4v) is 11.7. The molecule has 0 N–H and O–H groups in total. The standard InChI is InChI=1S/C64H70BN3S/c1-60(2,3)41-19-27-46(28-20-41)66(47-29-21-42(22-30-47)61(4,5)6)48-33-35-49(36-34-48)67-53-37-25-45(64(13,14)15)40-52(53)65-57-54(67)17-16-18-55(57)68(50-31-23-43(24-32-50)62(7,8)9)58-51-39-44(63(10,11)12)26-38-56(51)69-59(58)65/h16-40H,1-15H3. The Labute approximate surface area is 417 Å². The molecule has 0 spiro atoms. The first-order valence-electron chi connectivity index (χ1n) is 25.0. The van der Waals surface area contributed by atoms with E-state index in [1.54, 1.807) is 0 Å². The lowest BCUT2D eigenvalue weighted by Crippen LogP contribution is -2.60. The summed E-state index contributed by atoms with van der Waals surface area (Å²) in [5.41, 5.74) is 20.3. The Morgan fingerprint density at radius 2 is 0.783 bits per heavy atom. The maximum Gasteiger partial charge on any atom is 0.264 e. The Balaban J connectivity index is 1.18. The van der Waals surface area contributed by atoms with Crippen molar-refractivity contribution in [2.75, 3.05) is 14.7 Å². The Morgan fingerprint density at radius 3 is 1.28 bits per heavy atom. The van der Waals surface area contributed by atoms with E-state index in [2.05, 4.69) is 270 Å². The number of thiophene rings is 1. The van der Waals surface area contributed by atoms with Gasteiger partial charge in [-0.3, -0.25) is 0 Å². The van der Waals surface area contributed by atoms with Gasteiger partial charge in [-0.1, -0.05) is 165 Å². The highest BCUT2D eigenvalue weighted by molar-refractivity contribution is 7.33. The van der Waals surface area contributed by atoms with Crippen molar-refractivity contribution in [2.24, 2.45) is 0 Å². The molecule has 0 fully saturated rings. The minimum absolute atomic E-state index is 0.0157. The topological polar surface area (TPSA) is 9.72 Å². The van der Waals surface area contributed by atoms with Gasteiger partial charge in [0.25, 0.3) is 6.71 Å². The van der Waals surface area contributed by atoms with Crippen LogP contribution in [0.5, 0.6) is 0 Å². The lowest BCUT2D eigenvalue weighted by Gasteiger charge is -2.43. The van der Waals surface area contributed by atoms with Crippen LogP contribution in [0.1, 0.15) is 132 Å².